The second-order valence-corrected chi connectivity index (χ2v) is 6.04. The maximum atomic E-state index is 12.5. The van der Waals surface area contributed by atoms with Gasteiger partial charge in [0.1, 0.15) is 11.4 Å². The van der Waals surface area contributed by atoms with E-state index in [4.69, 9.17) is 4.74 Å². The molecule has 0 atom stereocenters. The minimum atomic E-state index is -4.49. The van der Waals surface area contributed by atoms with Gasteiger partial charge < -0.3 is 15.0 Å². The van der Waals surface area contributed by atoms with Gasteiger partial charge in [-0.25, -0.2) is 0 Å². The molecule has 0 unspecified atom stereocenters. The summed E-state index contributed by atoms with van der Waals surface area (Å²) >= 11 is 0. The highest BCUT2D eigenvalue weighted by atomic mass is 19.4. The molecular weight excluding hydrogens is 349 g/mol. The Balaban J connectivity index is 2.30. The van der Waals surface area contributed by atoms with Crippen molar-refractivity contribution in [1.29, 1.82) is 0 Å². The van der Waals surface area contributed by atoms with Crippen LogP contribution in [0.1, 0.15) is 44.6 Å². The summed E-state index contributed by atoms with van der Waals surface area (Å²) in [5.41, 5.74) is 2.43. The van der Waals surface area contributed by atoms with Crippen LogP contribution in [0.2, 0.25) is 0 Å². The average Bonchev–Trinajstić information content (AvgIpc) is 2.81. The minimum absolute atomic E-state index is 0.0802. The SMILES string of the molecule is CC(=O)c1c(C)[nH]c(C(=O)Nc2ccc(C)cc2OCC(F)(F)F)c1C. The molecule has 140 valence electrons. The van der Waals surface area contributed by atoms with E-state index < -0.39 is 18.7 Å². The normalized spacial score (nSPS) is 11.3. The van der Waals surface area contributed by atoms with Crippen molar-refractivity contribution in [1.82, 2.24) is 4.98 Å². The molecule has 0 radical (unpaired) electrons. The quantitative estimate of drug-likeness (QED) is 0.772. The lowest BCUT2D eigenvalue weighted by molar-refractivity contribution is -0.153. The number of carbonyl (C=O) groups excluding carboxylic acids is 2. The Bertz CT molecular complexity index is 854. The number of hydrogen-bond donors (Lipinski definition) is 2. The van der Waals surface area contributed by atoms with Crippen LogP contribution < -0.4 is 10.1 Å². The number of anilines is 1. The van der Waals surface area contributed by atoms with Gasteiger partial charge in [-0.15, -0.1) is 0 Å². The van der Waals surface area contributed by atoms with E-state index in [1.165, 1.54) is 19.1 Å². The Labute approximate surface area is 148 Å². The van der Waals surface area contributed by atoms with Crippen molar-refractivity contribution >= 4 is 17.4 Å². The topological polar surface area (TPSA) is 71.2 Å². The highest BCUT2D eigenvalue weighted by Crippen LogP contribution is 2.29. The molecule has 0 fully saturated rings. The van der Waals surface area contributed by atoms with Gasteiger partial charge in [-0.2, -0.15) is 13.2 Å². The van der Waals surface area contributed by atoms with Crippen LogP contribution in [0.15, 0.2) is 18.2 Å². The number of ketones is 1. The van der Waals surface area contributed by atoms with Gasteiger partial charge >= 0.3 is 6.18 Å². The Morgan fingerprint density at radius 1 is 1.19 bits per heavy atom. The highest BCUT2D eigenvalue weighted by molar-refractivity contribution is 6.08. The van der Waals surface area contributed by atoms with Gasteiger partial charge in [0, 0.05) is 11.3 Å². The van der Waals surface area contributed by atoms with E-state index in [0.717, 1.165) is 0 Å². The number of Topliss-reactive ketones (excluding diaryl/α,β-unsaturated/α-hetero) is 1. The molecule has 0 spiro atoms. The molecule has 2 rings (SSSR count). The Hall–Kier alpha value is -2.77. The van der Waals surface area contributed by atoms with Gasteiger partial charge in [0.05, 0.1) is 5.69 Å². The largest absolute Gasteiger partial charge is 0.482 e. The number of halogens is 3. The van der Waals surface area contributed by atoms with Gasteiger partial charge in [-0.3, -0.25) is 9.59 Å². The summed E-state index contributed by atoms with van der Waals surface area (Å²) in [5.74, 6) is -0.831. The zero-order valence-electron chi connectivity index (χ0n) is 14.8. The van der Waals surface area contributed by atoms with Crippen molar-refractivity contribution in [3.8, 4) is 5.75 Å². The molecule has 0 aliphatic carbocycles. The molecular formula is C18H19F3N2O3. The average molecular weight is 368 g/mol. The third-order valence-electron chi connectivity index (χ3n) is 3.79. The van der Waals surface area contributed by atoms with Crippen LogP contribution in [0, 0.1) is 20.8 Å². The fourth-order valence-corrected chi connectivity index (χ4v) is 2.70. The lowest BCUT2D eigenvalue weighted by Crippen LogP contribution is -2.20. The number of aryl methyl sites for hydroxylation is 2. The Kier molecular flexibility index (Phi) is 5.44. The number of H-pyrrole nitrogens is 1. The lowest BCUT2D eigenvalue weighted by Gasteiger charge is -2.14. The summed E-state index contributed by atoms with van der Waals surface area (Å²) in [6.45, 7) is 4.93. The van der Waals surface area contributed by atoms with E-state index in [1.54, 1.807) is 26.8 Å². The van der Waals surface area contributed by atoms with Gasteiger partial charge in [0.15, 0.2) is 12.4 Å². The van der Waals surface area contributed by atoms with E-state index >= 15 is 0 Å². The number of hydrogen-bond acceptors (Lipinski definition) is 3. The third kappa shape index (κ3) is 4.44. The fraction of sp³-hybridized carbons (Fsp3) is 0.333. The van der Waals surface area contributed by atoms with Crippen molar-refractivity contribution in [2.45, 2.75) is 33.9 Å². The first-order chi connectivity index (χ1) is 12.0. The third-order valence-corrected chi connectivity index (χ3v) is 3.79. The Morgan fingerprint density at radius 2 is 1.85 bits per heavy atom. The van der Waals surface area contributed by atoms with Crippen LogP contribution >= 0.6 is 0 Å². The van der Waals surface area contributed by atoms with E-state index in [-0.39, 0.29) is 22.9 Å². The van der Waals surface area contributed by atoms with Gasteiger partial charge in [0.25, 0.3) is 5.91 Å². The molecule has 2 aromatic rings. The molecule has 5 nitrogen and oxygen atoms in total. The van der Waals surface area contributed by atoms with Crippen molar-refractivity contribution in [3.05, 3.63) is 46.3 Å². The molecule has 0 bridgehead atoms. The van der Waals surface area contributed by atoms with Crippen molar-refractivity contribution < 1.29 is 27.5 Å². The number of carbonyl (C=O) groups is 2. The van der Waals surface area contributed by atoms with Gasteiger partial charge in [-0.1, -0.05) is 6.07 Å². The number of benzene rings is 1. The molecule has 2 N–H and O–H groups in total. The summed E-state index contributed by atoms with van der Waals surface area (Å²) in [6, 6.07) is 4.52. The van der Waals surface area contributed by atoms with Crippen LogP contribution in [-0.4, -0.2) is 29.5 Å². The summed E-state index contributed by atoms with van der Waals surface area (Å²) in [6.07, 6.45) is -4.49. The first-order valence-corrected chi connectivity index (χ1v) is 7.81. The highest BCUT2D eigenvalue weighted by Gasteiger charge is 2.29. The predicted octanol–water partition coefficient (Wildman–Crippen LogP) is 4.34. The van der Waals surface area contributed by atoms with Crippen LogP contribution in [0.4, 0.5) is 18.9 Å². The Morgan fingerprint density at radius 3 is 2.38 bits per heavy atom. The molecule has 0 saturated heterocycles. The second-order valence-electron chi connectivity index (χ2n) is 6.04. The molecule has 1 heterocycles. The number of alkyl halides is 3. The summed E-state index contributed by atoms with van der Waals surface area (Å²) in [5, 5.41) is 2.54. The zero-order chi connectivity index (χ0) is 19.6. The van der Waals surface area contributed by atoms with Crippen LogP contribution in [0.5, 0.6) is 5.75 Å². The molecule has 0 aliphatic rings. The number of ether oxygens (including phenoxy) is 1. The molecule has 0 saturated carbocycles. The first kappa shape index (κ1) is 19.6. The minimum Gasteiger partial charge on any atom is -0.482 e. The van der Waals surface area contributed by atoms with Crippen LogP contribution in [-0.2, 0) is 0 Å². The van der Waals surface area contributed by atoms with Crippen LogP contribution in [0.25, 0.3) is 0 Å². The number of aromatic nitrogens is 1. The zero-order valence-corrected chi connectivity index (χ0v) is 14.8. The molecule has 26 heavy (non-hydrogen) atoms. The van der Waals surface area contributed by atoms with E-state index in [9.17, 15) is 22.8 Å². The second kappa shape index (κ2) is 7.23. The number of rotatable bonds is 5. The summed E-state index contributed by atoms with van der Waals surface area (Å²) in [7, 11) is 0. The van der Waals surface area contributed by atoms with E-state index in [0.29, 0.717) is 22.4 Å². The van der Waals surface area contributed by atoms with Crippen molar-refractivity contribution in [2.75, 3.05) is 11.9 Å². The molecule has 1 amide bonds. The van der Waals surface area contributed by atoms with Gasteiger partial charge in [0.2, 0.25) is 0 Å². The predicted molar refractivity (Wildman–Crippen MR) is 91.0 cm³/mol. The standard InChI is InChI=1S/C18H19F3N2O3/c1-9-5-6-13(14(7-9)26-8-18(19,20)21)23-17(25)16-10(2)15(12(4)24)11(3)22-16/h5-7,22H,8H2,1-4H3,(H,23,25). The maximum Gasteiger partial charge on any atom is 0.422 e. The molecule has 0 aliphatic heterocycles. The van der Waals surface area contributed by atoms with Crippen molar-refractivity contribution in [2.24, 2.45) is 0 Å². The summed E-state index contributed by atoms with van der Waals surface area (Å²) in [4.78, 5) is 27.1. The number of nitrogens with one attached hydrogen (secondary N) is 2. The lowest BCUT2D eigenvalue weighted by atomic mass is 10.1. The molecule has 8 heteroatoms. The number of amides is 1. The van der Waals surface area contributed by atoms with Crippen LogP contribution in [0.3, 0.4) is 0 Å². The smallest absolute Gasteiger partial charge is 0.422 e. The monoisotopic (exact) mass is 368 g/mol. The van der Waals surface area contributed by atoms with E-state index in [1.807, 2.05) is 0 Å². The maximum absolute atomic E-state index is 12.5. The first-order valence-electron chi connectivity index (χ1n) is 7.81. The fourth-order valence-electron chi connectivity index (χ4n) is 2.70. The molecule has 1 aromatic carbocycles. The van der Waals surface area contributed by atoms with Crippen molar-refractivity contribution in [3.63, 3.8) is 0 Å². The number of aromatic amines is 1. The van der Waals surface area contributed by atoms with Gasteiger partial charge in [-0.05, 0) is 51.0 Å². The van der Waals surface area contributed by atoms with E-state index in [2.05, 4.69) is 10.3 Å². The molecule has 1 aromatic heterocycles. The summed E-state index contributed by atoms with van der Waals surface area (Å²) < 4.78 is 42.1.